The zero-order valence-electron chi connectivity index (χ0n) is 12.4. The van der Waals surface area contributed by atoms with Crippen LogP contribution in [0.1, 0.15) is 23.0 Å². The third-order valence-corrected chi connectivity index (χ3v) is 4.45. The number of rotatable bonds is 5. The predicted octanol–water partition coefficient (Wildman–Crippen LogP) is 3.64. The van der Waals surface area contributed by atoms with Crippen LogP contribution in [0.15, 0.2) is 30.3 Å². The highest BCUT2D eigenvalue weighted by Gasteiger charge is 2.28. The quantitative estimate of drug-likeness (QED) is 0.842. The predicted molar refractivity (Wildman–Crippen MR) is 86.1 cm³/mol. The molecule has 23 heavy (non-hydrogen) atoms. The molecule has 0 saturated heterocycles. The topological polar surface area (TPSA) is 76.1 Å². The van der Waals surface area contributed by atoms with Gasteiger partial charge in [-0.05, 0) is 19.1 Å². The summed E-state index contributed by atoms with van der Waals surface area (Å²) in [6, 6.07) is 9.03. The normalized spacial score (nSPS) is 12.1. The standard InChI is InChI=1S/C16H15NO5S/c1-2-21-16(20)13-9-12-15(23-13)17(8-7-14(18)19)10-5-3-4-6-11(10)22-12/h3-6,9H,2,7-8H2,1H3,(H,18,19). The number of benzene rings is 1. The first-order chi connectivity index (χ1) is 11.1. The molecule has 0 bridgehead atoms. The number of esters is 1. The van der Waals surface area contributed by atoms with Gasteiger partial charge in [-0.2, -0.15) is 0 Å². The number of carboxylic acids is 1. The number of hydrogen-bond donors (Lipinski definition) is 1. The van der Waals surface area contributed by atoms with Gasteiger partial charge in [0.25, 0.3) is 0 Å². The Hall–Kier alpha value is -2.54. The van der Waals surface area contributed by atoms with Crippen molar-refractivity contribution in [2.24, 2.45) is 0 Å². The molecule has 0 amide bonds. The number of thiophene rings is 1. The maximum absolute atomic E-state index is 11.9. The molecule has 1 N–H and O–H groups in total. The summed E-state index contributed by atoms with van der Waals surface area (Å²) in [6.45, 7) is 2.34. The lowest BCUT2D eigenvalue weighted by molar-refractivity contribution is -0.136. The van der Waals surface area contributed by atoms with Crippen LogP contribution >= 0.6 is 11.3 Å². The Morgan fingerprint density at radius 2 is 2.09 bits per heavy atom. The largest absolute Gasteiger partial charge is 0.481 e. The van der Waals surface area contributed by atoms with Gasteiger partial charge in [-0.1, -0.05) is 12.1 Å². The van der Waals surface area contributed by atoms with Gasteiger partial charge in [0.1, 0.15) is 9.88 Å². The molecule has 1 aromatic carbocycles. The number of hydrogen-bond acceptors (Lipinski definition) is 6. The summed E-state index contributed by atoms with van der Waals surface area (Å²) in [5.74, 6) is -0.101. The van der Waals surface area contributed by atoms with Crippen molar-refractivity contribution in [3.05, 3.63) is 35.2 Å². The molecule has 0 spiro atoms. The number of carboxylic acid groups (broad SMARTS) is 1. The number of carbonyl (C=O) groups excluding carboxylic acids is 1. The number of nitrogens with zero attached hydrogens (tertiary/aromatic N) is 1. The molecule has 0 fully saturated rings. The Morgan fingerprint density at radius 3 is 2.83 bits per heavy atom. The van der Waals surface area contributed by atoms with E-state index in [2.05, 4.69) is 0 Å². The Kier molecular flexibility index (Phi) is 4.20. The molecular weight excluding hydrogens is 318 g/mol. The number of carbonyl (C=O) groups is 2. The van der Waals surface area contributed by atoms with Gasteiger partial charge in [-0.25, -0.2) is 4.79 Å². The van der Waals surface area contributed by atoms with Crippen LogP contribution in [0.5, 0.6) is 11.5 Å². The molecule has 0 radical (unpaired) electrons. The number of aliphatic carboxylic acids is 1. The zero-order valence-corrected chi connectivity index (χ0v) is 13.3. The Bertz CT molecular complexity index is 755. The molecule has 1 aliphatic rings. The summed E-state index contributed by atoms with van der Waals surface area (Å²) in [5, 5.41) is 9.69. The van der Waals surface area contributed by atoms with E-state index in [9.17, 15) is 9.59 Å². The number of fused-ring (bicyclic) bond motifs is 2. The maximum Gasteiger partial charge on any atom is 0.348 e. The minimum absolute atomic E-state index is 0.0135. The van der Waals surface area contributed by atoms with Crippen LogP contribution in [0.2, 0.25) is 0 Å². The van der Waals surface area contributed by atoms with Crippen LogP contribution in [-0.4, -0.2) is 30.2 Å². The fourth-order valence-electron chi connectivity index (χ4n) is 2.35. The third kappa shape index (κ3) is 3.00. The summed E-state index contributed by atoms with van der Waals surface area (Å²) >= 11 is 1.24. The van der Waals surface area contributed by atoms with Gasteiger partial charge in [0.2, 0.25) is 0 Å². The van der Waals surface area contributed by atoms with Gasteiger partial charge in [0.05, 0.1) is 18.7 Å². The van der Waals surface area contributed by atoms with Crippen molar-refractivity contribution in [2.75, 3.05) is 18.1 Å². The van der Waals surface area contributed by atoms with Crippen molar-refractivity contribution in [1.29, 1.82) is 0 Å². The van der Waals surface area contributed by atoms with Crippen molar-refractivity contribution in [3.63, 3.8) is 0 Å². The molecular formula is C16H15NO5S. The highest BCUT2D eigenvalue weighted by Crippen LogP contribution is 2.50. The van der Waals surface area contributed by atoms with Crippen molar-refractivity contribution in [1.82, 2.24) is 0 Å². The van der Waals surface area contributed by atoms with E-state index in [-0.39, 0.29) is 6.42 Å². The highest BCUT2D eigenvalue weighted by molar-refractivity contribution is 7.18. The van der Waals surface area contributed by atoms with Crippen LogP contribution in [-0.2, 0) is 9.53 Å². The van der Waals surface area contributed by atoms with Gasteiger partial charge < -0.3 is 19.5 Å². The van der Waals surface area contributed by atoms with Gasteiger partial charge in [-0.3, -0.25) is 4.79 Å². The number of ether oxygens (including phenoxy) is 2. The highest BCUT2D eigenvalue weighted by atomic mass is 32.1. The van der Waals surface area contributed by atoms with Crippen LogP contribution < -0.4 is 9.64 Å². The average molecular weight is 333 g/mol. The van der Waals surface area contributed by atoms with E-state index in [1.54, 1.807) is 13.0 Å². The van der Waals surface area contributed by atoms with E-state index in [0.29, 0.717) is 34.5 Å². The Labute approximate surface area is 136 Å². The minimum atomic E-state index is -0.877. The zero-order chi connectivity index (χ0) is 16.4. The molecule has 2 heterocycles. The third-order valence-electron chi connectivity index (χ3n) is 3.33. The Balaban J connectivity index is 1.98. The smallest absolute Gasteiger partial charge is 0.348 e. The van der Waals surface area contributed by atoms with Gasteiger partial charge in [-0.15, -0.1) is 11.3 Å². The van der Waals surface area contributed by atoms with Crippen LogP contribution in [0, 0.1) is 0 Å². The molecule has 0 unspecified atom stereocenters. The first-order valence-corrected chi connectivity index (χ1v) is 7.99. The summed E-state index contributed by atoms with van der Waals surface area (Å²) in [6.07, 6.45) is -0.0135. The van der Waals surface area contributed by atoms with Crippen LogP contribution in [0.4, 0.5) is 10.7 Å². The first-order valence-electron chi connectivity index (χ1n) is 7.17. The maximum atomic E-state index is 11.9. The summed E-state index contributed by atoms with van der Waals surface area (Å²) in [7, 11) is 0. The summed E-state index contributed by atoms with van der Waals surface area (Å²) < 4.78 is 10.9. The summed E-state index contributed by atoms with van der Waals surface area (Å²) in [5.41, 5.74) is 0.790. The fraction of sp³-hybridized carbons (Fsp3) is 0.250. The molecule has 0 aliphatic carbocycles. The SMILES string of the molecule is CCOC(=O)c1cc2c(s1)N(CCC(=O)O)c1ccccc1O2. The van der Waals surface area contributed by atoms with E-state index in [1.807, 2.05) is 29.2 Å². The number of para-hydroxylation sites is 2. The molecule has 0 atom stereocenters. The molecule has 1 aromatic heterocycles. The minimum Gasteiger partial charge on any atom is -0.481 e. The van der Waals surface area contributed by atoms with Crippen LogP contribution in [0.3, 0.4) is 0 Å². The van der Waals surface area contributed by atoms with E-state index in [0.717, 1.165) is 5.69 Å². The summed E-state index contributed by atoms with van der Waals surface area (Å²) in [4.78, 5) is 25.2. The van der Waals surface area contributed by atoms with Crippen molar-refractivity contribution >= 4 is 34.0 Å². The molecule has 3 rings (SSSR count). The van der Waals surface area contributed by atoms with E-state index >= 15 is 0 Å². The lowest BCUT2D eigenvalue weighted by atomic mass is 10.2. The lowest BCUT2D eigenvalue weighted by Gasteiger charge is -2.29. The van der Waals surface area contributed by atoms with Gasteiger partial charge >= 0.3 is 11.9 Å². The molecule has 2 aromatic rings. The average Bonchev–Trinajstić information content (AvgIpc) is 2.95. The molecule has 1 aliphatic heterocycles. The van der Waals surface area contributed by atoms with Gasteiger partial charge in [0, 0.05) is 12.6 Å². The molecule has 120 valence electrons. The van der Waals surface area contributed by atoms with Crippen LogP contribution in [0.25, 0.3) is 0 Å². The monoisotopic (exact) mass is 333 g/mol. The second-order valence-electron chi connectivity index (χ2n) is 4.87. The molecule has 6 nitrogen and oxygen atoms in total. The number of anilines is 2. The Morgan fingerprint density at radius 1 is 1.30 bits per heavy atom. The lowest BCUT2D eigenvalue weighted by Crippen LogP contribution is -2.22. The second-order valence-corrected chi connectivity index (χ2v) is 5.90. The van der Waals surface area contributed by atoms with E-state index in [1.165, 1.54) is 11.3 Å². The molecule has 0 saturated carbocycles. The van der Waals surface area contributed by atoms with Crippen molar-refractivity contribution < 1.29 is 24.2 Å². The van der Waals surface area contributed by atoms with Gasteiger partial charge in [0.15, 0.2) is 11.5 Å². The fourth-order valence-corrected chi connectivity index (χ4v) is 3.37. The van der Waals surface area contributed by atoms with Crippen molar-refractivity contribution in [2.45, 2.75) is 13.3 Å². The first kappa shape index (κ1) is 15.4. The molecule has 7 heteroatoms. The van der Waals surface area contributed by atoms with E-state index in [4.69, 9.17) is 14.6 Å². The van der Waals surface area contributed by atoms with E-state index < -0.39 is 11.9 Å². The second kappa shape index (κ2) is 6.29. The van der Waals surface area contributed by atoms with Crippen molar-refractivity contribution in [3.8, 4) is 11.5 Å².